The maximum Gasteiger partial charge on any atom is 0.326 e. The van der Waals surface area contributed by atoms with Crippen LogP contribution in [-0.4, -0.2) is 76.6 Å². The van der Waals surface area contributed by atoms with Gasteiger partial charge in [-0.15, -0.1) is 0 Å². The summed E-state index contributed by atoms with van der Waals surface area (Å²) in [5.41, 5.74) is 0.731. The second-order valence-electron chi connectivity index (χ2n) is 7.88. The third kappa shape index (κ3) is 5.94. The Morgan fingerprint density at radius 3 is 2.52 bits per heavy atom. The molecule has 31 heavy (non-hydrogen) atoms. The fraction of sp³-hybridized carbons (Fsp3) is 0.524. The maximum absolute atomic E-state index is 12.8. The van der Waals surface area contributed by atoms with Gasteiger partial charge in [0.25, 0.3) is 0 Å². The van der Waals surface area contributed by atoms with Crippen molar-refractivity contribution in [2.75, 3.05) is 19.6 Å². The zero-order chi connectivity index (χ0) is 22.4. The molecule has 2 saturated heterocycles. The first-order valence-corrected chi connectivity index (χ1v) is 10.5. The zero-order valence-corrected chi connectivity index (χ0v) is 17.2. The Balaban J connectivity index is 1.63. The van der Waals surface area contributed by atoms with Crippen molar-refractivity contribution in [2.45, 2.75) is 50.2 Å². The number of carbonyl (C=O) groups excluding carboxylic acids is 3. The van der Waals surface area contributed by atoms with Crippen LogP contribution in [0.4, 0.5) is 0 Å². The SMILES string of the molecule is O=C(NC(Cc1ccc(O)cc1)C(=O)NCC(=O)N1CCCC1C(=O)O)C1CCCN1. The molecule has 168 valence electrons. The van der Waals surface area contributed by atoms with E-state index in [2.05, 4.69) is 16.0 Å². The summed E-state index contributed by atoms with van der Waals surface area (Å²) in [6.07, 6.45) is 2.74. The molecular formula is C21H28N4O6. The molecule has 1 aromatic rings. The predicted molar refractivity (Wildman–Crippen MR) is 110 cm³/mol. The summed E-state index contributed by atoms with van der Waals surface area (Å²) in [7, 11) is 0. The second-order valence-corrected chi connectivity index (χ2v) is 7.88. The molecule has 3 unspecified atom stereocenters. The first-order valence-electron chi connectivity index (χ1n) is 10.5. The number of aliphatic carboxylic acids is 1. The number of nitrogens with one attached hydrogen (secondary N) is 3. The molecule has 10 heteroatoms. The van der Waals surface area contributed by atoms with Crippen molar-refractivity contribution in [1.29, 1.82) is 0 Å². The number of carboxylic acids is 1. The number of likely N-dealkylation sites (tertiary alicyclic amines) is 1. The molecule has 1 aromatic carbocycles. The number of phenolic OH excluding ortho intramolecular Hbond substituents is 1. The molecule has 2 aliphatic rings. The van der Waals surface area contributed by atoms with E-state index in [9.17, 15) is 29.4 Å². The lowest BCUT2D eigenvalue weighted by Crippen LogP contribution is -2.54. The van der Waals surface area contributed by atoms with Gasteiger partial charge in [-0.2, -0.15) is 0 Å². The lowest BCUT2D eigenvalue weighted by molar-refractivity contribution is -0.148. The van der Waals surface area contributed by atoms with Gasteiger partial charge in [0, 0.05) is 13.0 Å². The first-order chi connectivity index (χ1) is 14.8. The Morgan fingerprint density at radius 2 is 1.87 bits per heavy atom. The number of rotatable bonds is 8. The number of carboxylic acid groups (broad SMARTS) is 1. The van der Waals surface area contributed by atoms with Gasteiger partial charge in [0.15, 0.2) is 0 Å². The number of aromatic hydroxyl groups is 1. The van der Waals surface area contributed by atoms with E-state index in [-0.39, 0.29) is 30.7 Å². The lowest BCUT2D eigenvalue weighted by atomic mass is 10.0. The van der Waals surface area contributed by atoms with Gasteiger partial charge in [-0.1, -0.05) is 12.1 Å². The summed E-state index contributed by atoms with van der Waals surface area (Å²) in [6.45, 7) is 0.737. The number of hydrogen-bond donors (Lipinski definition) is 5. The van der Waals surface area contributed by atoms with Crippen molar-refractivity contribution in [3.8, 4) is 5.75 Å². The van der Waals surface area contributed by atoms with E-state index < -0.39 is 29.9 Å². The molecule has 0 aliphatic carbocycles. The van der Waals surface area contributed by atoms with Crippen molar-refractivity contribution in [1.82, 2.24) is 20.9 Å². The minimum atomic E-state index is -1.06. The fourth-order valence-corrected chi connectivity index (χ4v) is 3.97. The highest BCUT2D eigenvalue weighted by Crippen LogP contribution is 2.17. The van der Waals surface area contributed by atoms with Crippen LogP contribution >= 0.6 is 0 Å². The van der Waals surface area contributed by atoms with E-state index in [0.29, 0.717) is 25.8 Å². The van der Waals surface area contributed by atoms with Crippen LogP contribution < -0.4 is 16.0 Å². The molecule has 3 amide bonds. The second kappa shape index (κ2) is 10.3. The van der Waals surface area contributed by atoms with Crippen molar-refractivity contribution in [3.05, 3.63) is 29.8 Å². The maximum atomic E-state index is 12.8. The third-order valence-corrected chi connectivity index (χ3v) is 5.66. The van der Waals surface area contributed by atoms with Crippen molar-refractivity contribution in [3.63, 3.8) is 0 Å². The molecule has 2 fully saturated rings. The topological polar surface area (TPSA) is 148 Å². The molecule has 3 atom stereocenters. The minimum Gasteiger partial charge on any atom is -0.508 e. The standard InChI is InChI=1S/C21H28N4O6/c26-14-7-5-13(6-8-14)11-16(24-20(29)15-3-1-9-22-15)19(28)23-12-18(27)25-10-2-4-17(25)21(30)31/h5-8,15-17,22,26H,1-4,9-12H2,(H,23,28)(H,24,29)(H,30,31). The van der Waals surface area contributed by atoms with Gasteiger partial charge in [0.2, 0.25) is 17.7 Å². The summed E-state index contributed by atoms with van der Waals surface area (Å²) < 4.78 is 0. The summed E-state index contributed by atoms with van der Waals surface area (Å²) in [5.74, 6) is -2.25. The van der Waals surface area contributed by atoms with Gasteiger partial charge in [0.1, 0.15) is 17.8 Å². The van der Waals surface area contributed by atoms with E-state index in [1.54, 1.807) is 12.1 Å². The average molecular weight is 432 g/mol. The summed E-state index contributed by atoms with van der Waals surface area (Å²) >= 11 is 0. The molecule has 0 saturated carbocycles. The van der Waals surface area contributed by atoms with Crippen LogP contribution in [0, 0.1) is 0 Å². The molecule has 3 rings (SSSR count). The van der Waals surface area contributed by atoms with Gasteiger partial charge < -0.3 is 31.1 Å². The van der Waals surface area contributed by atoms with E-state index in [0.717, 1.165) is 18.5 Å². The first kappa shape index (κ1) is 22.5. The van der Waals surface area contributed by atoms with Crippen LogP contribution in [0.15, 0.2) is 24.3 Å². The summed E-state index contributed by atoms with van der Waals surface area (Å²) in [5, 5.41) is 27.1. The van der Waals surface area contributed by atoms with Crippen LogP contribution in [0.1, 0.15) is 31.2 Å². The van der Waals surface area contributed by atoms with Gasteiger partial charge in [-0.25, -0.2) is 4.79 Å². The third-order valence-electron chi connectivity index (χ3n) is 5.66. The highest BCUT2D eigenvalue weighted by molar-refractivity contribution is 5.93. The van der Waals surface area contributed by atoms with Crippen LogP contribution in [-0.2, 0) is 25.6 Å². The molecule has 0 aromatic heterocycles. The number of phenols is 1. The summed E-state index contributed by atoms with van der Waals surface area (Å²) in [4.78, 5) is 50.3. The van der Waals surface area contributed by atoms with Crippen molar-refractivity contribution >= 4 is 23.7 Å². The Labute approximate surface area is 180 Å². The highest BCUT2D eigenvalue weighted by atomic mass is 16.4. The van der Waals surface area contributed by atoms with Gasteiger partial charge in [-0.3, -0.25) is 14.4 Å². The number of amides is 3. The molecule has 0 spiro atoms. The Hall–Kier alpha value is -3.14. The van der Waals surface area contributed by atoms with Gasteiger partial charge in [-0.05, 0) is 49.9 Å². The molecule has 2 aliphatic heterocycles. The fourth-order valence-electron chi connectivity index (χ4n) is 3.97. The van der Waals surface area contributed by atoms with Crippen molar-refractivity contribution < 1.29 is 29.4 Å². The van der Waals surface area contributed by atoms with E-state index >= 15 is 0 Å². The van der Waals surface area contributed by atoms with E-state index in [4.69, 9.17) is 0 Å². The monoisotopic (exact) mass is 432 g/mol. The van der Waals surface area contributed by atoms with Gasteiger partial charge in [0.05, 0.1) is 12.6 Å². The number of nitrogens with zero attached hydrogens (tertiary/aromatic N) is 1. The van der Waals surface area contributed by atoms with E-state index in [1.165, 1.54) is 17.0 Å². The van der Waals surface area contributed by atoms with Crippen LogP contribution in [0.3, 0.4) is 0 Å². The van der Waals surface area contributed by atoms with Gasteiger partial charge >= 0.3 is 5.97 Å². The Morgan fingerprint density at radius 1 is 1.13 bits per heavy atom. The normalized spacial score (nSPS) is 21.5. The highest BCUT2D eigenvalue weighted by Gasteiger charge is 2.34. The summed E-state index contributed by atoms with van der Waals surface area (Å²) in [6, 6.07) is 4.15. The van der Waals surface area contributed by atoms with Crippen LogP contribution in [0.5, 0.6) is 5.75 Å². The largest absolute Gasteiger partial charge is 0.508 e. The lowest BCUT2D eigenvalue weighted by Gasteiger charge is -2.23. The quantitative estimate of drug-likeness (QED) is 0.367. The number of benzene rings is 1. The van der Waals surface area contributed by atoms with Crippen molar-refractivity contribution in [2.24, 2.45) is 0 Å². The molecule has 2 heterocycles. The Kier molecular flexibility index (Phi) is 7.45. The molecular weight excluding hydrogens is 404 g/mol. The number of hydrogen-bond acceptors (Lipinski definition) is 6. The molecule has 0 bridgehead atoms. The smallest absolute Gasteiger partial charge is 0.326 e. The molecule has 0 radical (unpaired) electrons. The Bertz CT molecular complexity index is 822. The molecule has 10 nitrogen and oxygen atoms in total. The average Bonchev–Trinajstić information content (AvgIpc) is 3.44. The zero-order valence-electron chi connectivity index (χ0n) is 17.2. The van der Waals surface area contributed by atoms with E-state index in [1.807, 2.05) is 0 Å². The van der Waals surface area contributed by atoms with Crippen LogP contribution in [0.2, 0.25) is 0 Å². The van der Waals surface area contributed by atoms with Crippen LogP contribution in [0.25, 0.3) is 0 Å². The minimum absolute atomic E-state index is 0.0909. The molecule has 5 N–H and O–H groups in total. The predicted octanol–water partition coefficient (Wildman–Crippen LogP) is -0.637. The number of carbonyl (C=O) groups is 4.